The minimum Gasteiger partial charge on any atom is -0.497 e. The highest BCUT2D eigenvalue weighted by Gasteiger charge is 2.12. The van der Waals surface area contributed by atoms with E-state index in [-0.39, 0.29) is 12.3 Å². The number of hydrogen-bond acceptors (Lipinski definition) is 5. The standard InChI is InChI=1S/C19H18ClN3O3/c1-12-6-7-14(11-16(12)20)21-17(24)8-9-18-22-19(23-26-18)13-4-3-5-15(10-13)25-2/h3-7,10-11H,8-9H2,1-2H3,(H,21,24). The molecule has 2 aromatic carbocycles. The molecule has 0 radical (unpaired) electrons. The van der Waals surface area contributed by atoms with E-state index in [0.29, 0.717) is 34.6 Å². The molecule has 0 fully saturated rings. The third kappa shape index (κ3) is 4.40. The third-order valence-electron chi connectivity index (χ3n) is 3.82. The second-order valence-electron chi connectivity index (χ2n) is 5.76. The van der Waals surface area contributed by atoms with Crippen LogP contribution >= 0.6 is 11.6 Å². The van der Waals surface area contributed by atoms with Crippen molar-refractivity contribution in [3.63, 3.8) is 0 Å². The third-order valence-corrected chi connectivity index (χ3v) is 4.22. The smallest absolute Gasteiger partial charge is 0.227 e. The molecular weight excluding hydrogens is 354 g/mol. The largest absolute Gasteiger partial charge is 0.497 e. The topological polar surface area (TPSA) is 77.2 Å². The predicted molar refractivity (Wildman–Crippen MR) is 99.4 cm³/mol. The number of nitrogens with one attached hydrogen (secondary N) is 1. The number of anilines is 1. The van der Waals surface area contributed by atoms with Crippen LogP contribution in [0.2, 0.25) is 5.02 Å². The van der Waals surface area contributed by atoms with Gasteiger partial charge in [0.2, 0.25) is 17.6 Å². The Morgan fingerprint density at radius 1 is 1.27 bits per heavy atom. The Labute approximate surface area is 156 Å². The summed E-state index contributed by atoms with van der Waals surface area (Å²) >= 11 is 6.06. The molecule has 0 spiro atoms. The number of aromatic nitrogens is 2. The van der Waals surface area contributed by atoms with Crippen molar-refractivity contribution in [2.45, 2.75) is 19.8 Å². The van der Waals surface area contributed by atoms with Gasteiger partial charge in [-0.05, 0) is 36.8 Å². The van der Waals surface area contributed by atoms with E-state index in [2.05, 4.69) is 15.5 Å². The highest BCUT2D eigenvalue weighted by Crippen LogP contribution is 2.22. The van der Waals surface area contributed by atoms with Crippen LogP contribution in [0.1, 0.15) is 17.9 Å². The molecule has 26 heavy (non-hydrogen) atoms. The minimum atomic E-state index is -0.147. The van der Waals surface area contributed by atoms with E-state index in [1.54, 1.807) is 13.2 Å². The van der Waals surface area contributed by atoms with Crippen LogP contribution in [0.3, 0.4) is 0 Å². The number of ether oxygens (including phenoxy) is 1. The summed E-state index contributed by atoms with van der Waals surface area (Å²) in [5.41, 5.74) is 2.41. The Balaban J connectivity index is 1.58. The highest BCUT2D eigenvalue weighted by molar-refractivity contribution is 6.31. The first-order valence-electron chi connectivity index (χ1n) is 8.08. The lowest BCUT2D eigenvalue weighted by Crippen LogP contribution is -2.12. The number of carbonyl (C=O) groups excluding carboxylic acids is 1. The van der Waals surface area contributed by atoms with E-state index in [4.69, 9.17) is 20.9 Å². The lowest BCUT2D eigenvalue weighted by Gasteiger charge is -2.06. The molecule has 7 heteroatoms. The predicted octanol–water partition coefficient (Wildman–Crippen LogP) is 4.28. The SMILES string of the molecule is COc1cccc(-c2noc(CCC(=O)Nc3ccc(C)c(Cl)c3)n2)c1. The summed E-state index contributed by atoms with van der Waals surface area (Å²) in [4.78, 5) is 16.4. The van der Waals surface area contributed by atoms with Gasteiger partial charge in [-0.15, -0.1) is 0 Å². The van der Waals surface area contributed by atoms with Crippen molar-refractivity contribution in [3.8, 4) is 17.1 Å². The molecule has 6 nitrogen and oxygen atoms in total. The number of carbonyl (C=O) groups is 1. The first-order valence-corrected chi connectivity index (χ1v) is 8.46. The van der Waals surface area contributed by atoms with Crippen LogP contribution in [-0.2, 0) is 11.2 Å². The lowest BCUT2D eigenvalue weighted by atomic mass is 10.2. The van der Waals surface area contributed by atoms with Gasteiger partial charge in [-0.3, -0.25) is 4.79 Å². The molecule has 3 aromatic rings. The zero-order valence-corrected chi connectivity index (χ0v) is 15.2. The maximum Gasteiger partial charge on any atom is 0.227 e. The molecule has 1 heterocycles. The first kappa shape index (κ1) is 17.9. The van der Waals surface area contributed by atoms with Crippen molar-refractivity contribution >= 4 is 23.2 Å². The summed E-state index contributed by atoms with van der Waals surface area (Å²) in [5, 5.41) is 7.37. The Morgan fingerprint density at radius 3 is 2.88 bits per heavy atom. The van der Waals surface area contributed by atoms with Gasteiger partial charge < -0.3 is 14.6 Å². The number of rotatable bonds is 6. The average Bonchev–Trinajstić information content (AvgIpc) is 3.12. The van der Waals surface area contributed by atoms with Gasteiger partial charge in [0.1, 0.15) is 5.75 Å². The summed E-state index contributed by atoms with van der Waals surface area (Å²) in [6, 6.07) is 12.8. The van der Waals surface area contributed by atoms with Crippen LogP contribution in [0.25, 0.3) is 11.4 Å². The Kier molecular flexibility index (Phi) is 5.53. The second-order valence-corrected chi connectivity index (χ2v) is 6.16. The van der Waals surface area contributed by atoms with Crippen molar-refractivity contribution in [2.24, 2.45) is 0 Å². The first-order chi connectivity index (χ1) is 12.5. The van der Waals surface area contributed by atoms with Crippen LogP contribution in [0.4, 0.5) is 5.69 Å². The number of methoxy groups -OCH3 is 1. The normalized spacial score (nSPS) is 10.6. The Bertz CT molecular complexity index is 924. The average molecular weight is 372 g/mol. The van der Waals surface area contributed by atoms with E-state index < -0.39 is 0 Å². The number of amides is 1. The quantitative estimate of drug-likeness (QED) is 0.699. The second kappa shape index (κ2) is 8.01. The number of aryl methyl sites for hydroxylation is 2. The van der Waals surface area contributed by atoms with Gasteiger partial charge >= 0.3 is 0 Å². The van der Waals surface area contributed by atoms with Gasteiger partial charge in [-0.25, -0.2) is 0 Å². The fraction of sp³-hybridized carbons (Fsp3) is 0.211. The minimum absolute atomic E-state index is 0.147. The summed E-state index contributed by atoms with van der Waals surface area (Å²) in [6.07, 6.45) is 0.577. The Morgan fingerprint density at radius 2 is 2.12 bits per heavy atom. The molecule has 3 rings (SSSR count). The molecule has 0 atom stereocenters. The molecule has 0 saturated heterocycles. The molecule has 0 bridgehead atoms. The Hall–Kier alpha value is -2.86. The van der Waals surface area contributed by atoms with Crippen LogP contribution < -0.4 is 10.1 Å². The molecule has 0 aliphatic rings. The van der Waals surface area contributed by atoms with Gasteiger partial charge in [0, 0.05) is 29.1 Å². The molecule has 1 N–H and O–H groups in total. The fourth-order valence-electron chi connectivity index (χ4n) is 2.35. The summed E-state index contributed by atoms with van der Waals surface area (Å²) in [6.45, 7) is 1.91. The van der Waals surface area contributed by atoms with Crippen molar-refractivity contribution in [1.29, 1.82) is 0 Å². The van der Waals surface area contributed by atoms with E-state index in [1.807, 2.05) is 43.3 Å². The lowest BCUT2D eigenvalue weighted by molar-refractivity contribution is -0.116. The summed E-state index contributed by atoms with van der Waals surface area (Å²) in [7, 11) is 1.60. The summed E-state index contributed by atoms with van der Waals surface area (Å²) in [5.74, 6) is 1.43. The number of benzene rings is 2. The van der Waals surface area contributed by atoms with Crippen LogP contribution in [0.5, 0.6) is 5.75 Å². The molecule has 134 valence electrons. The molecule has 0 unspecified atom stereocenters. The van der Waals surface area contributed by atoms with Crippen LogP contribution in [0, 0.1) is 6.92 Å². The van der Waals surface area contributed by atoms with Gasteiger partial charge in [0.15, 0.2) is 0 Å². The van der Waals surface area contributed by atoms with E-state index in [9.17, 15) is 4.79 Å². The van der Waals surface area contributed by atoms with E-state index >= 15 is 0 Å². The van der Waals surface area contributed by atoms with E-state index in [0.717, 1.165) is 11.1 Å². The number of halogens is 1. The summed E-state index contributed by atoms with van der Waals surface area (Å²) < 4.78 is 10.4. The van der Waals surface area contributed by atoms with E-state index in [1.165, 1.54) is 0 Å². The monoisotopic (exact) mass is 371 g/mol. The zero-order valence-electron chi connectivity index (χ0n) is 14.5. The number of hydrogen-bond donors (Lipinski definition) is 1. The van der Waals surface area contributed by atoms with Crippen molar-refractivity contribution < 1.29 is 14.1 Å². The van der Waals surface area contributed by atoms with Gasteiger partial charge in [-0.2, -0.15) is 4.98 Å². The molecule has 0 aliphatic carbocycles. The van der Waals surface area contributed by atoms with Crippen molar-refractivity contribution in [1.82, 2.24) is 10.1 Å². The van der Waals surface area contributed by atoms with Gasteiger partial charge in [0.05, 0.1) is 7.11 Å². The van der Waals surface area contributed by atoms with Crippen LogP contribution in [-0.4, -0.2) is 23.2 Å². The van der Waals surface area contributed by atoms with Crippen molar-refractivity contribution in [2.75, 3.05) is 12.4 Å². The molecule has 0 aliphatic heterocycles. The fourth-order valence-corrected chi connectivity index (χ4v) is 2.53. The molecule has 0 saturated carbocycles. The van der Waals surface area contributed by atoms with Gasteiger partial charge in [0.25, 0.3) is 0 Å². The molecule has 1 amide bonds. The maximum atomic E-state index is 12.1. The number of nitrogens with zero attached hydrogens (tertiary/aromatic N) is 2. The van der Waals surface area contributed by atoms with Crippen molar-refractivity contribution in [3.05, 3.63) is 58.9 Å². The van der Waals surface area contributed by atoms with Crippen LogP contribution in [0.15, 0.2) is 47.0 Å². The zero-order chi connectivity index (χ0) is 18.5. The van der Waals surface area contributed by atoms with Gasteiger partial charge in [-0.1, -0.05) is 35.0 Å². The molecule has 1 aromatic heterocycles. The maximum absolute atomic E-state index is 12.1. The highest BCUT2D eigenvalue weighted by atomic mass is 35.5. The molecular formula is C19H18ClN3O3.